The number of hydrogen-bond donors (Lipinski definition) is 1. The molecule has 1 saturated carbocycles. The maximum absolute atomic E-state index is 4.36. The van der Waals surface area contributed by atoms with Gasteiger partial charge in [-0.15, -0.1) is 11.3 Å². The molecule has 2 aromatic rings. The van der Waals surface area contributed by atoms with E-state index >= 15 is 0 Å². The Balaban J connectivity index is 1.51. The van der Waals surface area contributed by atoms with E-state index in [-0.39, 0.29) is 0 Å². The first-order valence-corrected chi connectivity index (χ1v) is 8.88. The van der Waals surface area contributed by atoms with Gasteiger partial charge in [0, 0.05) is 17.5 Å². The molecule has 0 aliphatic heterocycles. The second kappa shape index (κ2) is 5.54. The van der Waals surface area contributed by atoms with Gasteiger partial charge in [-0.2, -0.15) is 0 Å². The molecule has 2 unspecified atom stereocenters. The molecule has 0 radical (unpaired) electrons. The molecule has 21 heavy (non-hydrogen) atoms. The fourth-order valence-electron chi connectivity index (χ4n) is 4.19. The fraction of sp³-hybridized carbons (Fsp3) is 0.500. The number of fused-ring (bicyclic) bond motifs is 3. The zero-order chi connectivity index (χ0) is 14.2. The van der Waals surface area contributed by atoms with Crippen LogP contribution >= 0.6 is 11.3 Å². The van der Waals surface area contributed by atoms with E-state index in [0.717, 1.165) is 18.4 Å². The van der Waals surface area contributed by atoms with E-state index in [1.54, 1.807) is 22.5 Å². The topological polar surface area (TPSA) is 24.9 Å². The van der Waals surface area contributed by atoms with Crippen molar-refractivity contribution in [2.45, 2.75) is 45.2 Å². The normalized spacial score (nSPS) is 27.4. The Morgan fingerprint density at radius 1 is 1.14 bits per heavy atom. The first kappa shape index (κ1) is 13.5. The summed E-state index contributed by atoms with van der Waals surface area (Å²) in [5.41, 5.74) is 6.33. The summed E-state index contributed by atoms with van der Waals surface area (Å²) >= 11 is 1.78. The Kier molecular flexibility index (Phi) is 3.56. The molecule has 2 aliphatic rings. The second-order valence-corrected chi connectivity index (χ2v) is 7.48. The molecular weight excluding hydrogens is 276 g/mol. The molecule has 0 saturated heterocycles. The summed E-state index contributed by atoms with van der Waals surface area (Å²) in [5, 5.41) is 3.87. The van der Waals surface area contributed by atoms with Gasteiger partial charge in [-0.05, 0) is 55.6 Å². The summed E-state index contributed by atoms with van der Waals surface area (Å²) in [6.07, 6.45) is 5.29. The molecule has 4 rings (SSSR count). The van der Waals surface area contributed by atoms with Gasteiger partial charge in [-0.3, -0.25) is 0 Å². The van der Waals surface area contributed by atoms with Gasteiger partial charge in [-0.1, -0.05) is 24.3 Å². The van der Waals surface area contributed by atoms with Gasteiger partial charge in [0.1, 0.15) is 0 Å². The predicted octanol–water partition coefficient (Wildman–Crippen LogP) is 3.73. The van der Waals surface area contributed by atoms with Gasteiger partial charge in [-0.25, -0.2) is 4.98 Å². The third kappa shape index (κ3) is 2.53. The summed E-state index contributed by atoms with van der Waals surface area (Å²) in [7, 11) is 0. The highest BCUT2D eigenvalue weighted by atomic mass is 32.1. The van der Waals surface area contributed by atoms with Gasteiger partial charge in [0.05, 0.1) is 11.2 Å². The zero-order valence-corrected chi connectivity index (χ0v) is 13.3. The maximum Gasteiger partial charge on any atom is 0.0798 e. The predicted molar refractivity (Wildman–Crippen MR) is 87.5 cm³/mol. The highest BCUT2D eigenvalue weighted by Crippen LogP contribution is 2.40. The fourth-order valence-corrected chi connectivity index (χ4v) is 4.92. The van der Waals surface area contributed by atoms with Gasteiger partial charge >= 0.3 is 0 Å². The number of thiazole rings is 1. The van der Waals surface area contributed by atoms with Crippen molar-refractivity contribution in [3.05, 3.63) is 51.5 Å². The number of rotatable bonds is 3. The molecule has 2 aliphatic carbocycles. The molecule has 2 bridgehead atoms. The molecule has 1 aromatic carbocycles. The van der Waals surface area contributed by atoms with Crippen LogP contribution in [0, 0.1) is 18.8 Å². The lowest BCUT2D eigenvalue weighted by molar-refractivity contribution is 0.341. The number of hydrogen-bond acceptors (Lipinski definition) is 3. The van der Waals surface area contributed by atoms with Crippen LogP contribution in [0.4, 0.5) is 0 Å². The van der Waals surface area contributed by atoms with Crippen LogP contribution in [0.25, 0.3) is 0 Å². The third-order valence-corrected chi connectivity index (χ3v) is 6.28. The first-order chi connectivity index (χ1) is 10.3. The molecule has 110 valence electrons. The van der Waals surface area contributed by atoms with E-state index in [4.69, 9.17) is 0 Å². The summed E-state index contributed by atoms with van der Waals surface area (Å²) in [6, 6.07) is 9.74. The van der Waals surface area contributed by atoms with Crippen LogP contribution in [0.15, 0.2) is 29.8 Å². The monoisotopic (exact) mass is 298 g/mol. The highest BCUT2D eigenvalue weighted by Gasteiger charge is 2.38. The van der Waals surface area contributed by atoms with Crippen LogP contribution in [0.5, 0.6) is 0 Å². The lowest BCUT2D eigenvalue weighted by atomic mass is 9.94. The van der Waals surface area contributed by atoms with Crippen molar-refractivity contribution in [1.29, 1.82) is 0 Å². The van der Waals surface area contributed by atoms with E-state index < -0.39 is 0 Å². The minimum absolute atomic E-state index is 0.680. The Bertz CT molecular complexity index is 601. The van der Waals surface area contributed by atoms with Gasteiger partial charge < -0.3 is 5.32 Å². The smallest absolute Gasteiger partial charge is 0.0798 e. The average molecular weight is 298 g/mol. The number of benzene rings is 1. The minimum atomic E-state index is 0.680. The molecule has 1 fully saturated rings. The molecule has 1 N–H and O–H groups in total. The lowest BCUT2D eigenvalue weighted by Crippen LogP contribution is -2.37. The van der Waals surface area contributed by atoms with Crippen LogP contribution in [0.1, 0.15) is 34.5 Å². The lowest BCUT2D eigenvalue weighted by Gasteiger charge is -2.23. The zero-order valence-electron chi connectivity index (χ0n) is 12.5. The standard InChI is InChI=1S/C18H22N2S/c1-12-17(21-11-20-12)10-19-18-15-6-7-16(18)9-14-5-3-2-4-13(14)8-15/h2-5,11,15-16,18-19H,6-10H2,1H3. The molecule has 0 spiro atoms. The number of aromatic nitrogens is 1. The number of nitrogens with zero attached hydrogens (tertiary/aromatic N) is 1. The van der Waals surface area contributed by atoms with Crippen molar-refractivity contribution in [3.63, 3.8) is 0 Å². The summed E-state index contributed by atoms with van der Waals surface area (Å²) < 4.78 is 0. The van der Waals surface area contributed by atoms with Crippen LogP contribution < -0.4 is 5.32 Å². The van der Waals surface area contributed by atoms with Crippen LogP contribution in [-0.2, 0) is 19.4 Å². The maximum atomic E-state index is 4.36. The molecule has 3 heteroatoms. The van der Waals surface area contributed by atoms with Gasteiger partial charge in [0.15, 0.2) is 0 Å². The van der Waals surface area contributed by atoms with E-state index in [1.807, 2.05) is 5.51 Å². The quantitative estimate of drug-likeness (QED) is 0.934. The third-order valence-electron chi connectivity index (χ3n) is 5.35. The van der Waals surface area contributed by atoms with Crippen molar-refractivity contribution >= 4 is 11.3 Å². The molecule has 1 aromatic heterocycles. The number of aryl methyl sites for hydroxylation is 1. The summed E-state index contributed by atoms with van der Waals surface area (Å²) in [6.45, 7) is 3.11. The van der Waals surface area contributed by atoms with Crippen molar-refractivity contribution < 1.29 is 0 Å². The van der Waals surface area contributed by atoms with E-state index in [1.165, 1.54) is 36.3 Å². The Labute approximate surface area is 130 Å². The van der Waals surface area contributed by atoms with Crippen molar-refractivity contribution in [3.8, 4) is 0 Å². The Morgan fingerprint density at radius 2 is 1.81 bits per heavy atom. The SMILES string of the molecule is Cc1ncsc1CNC1C2CCC1Cc1ccccc1C2. The van der Waals surface area contributed by atoms with Crippen molar-refractivity contribution in [1.82, 2.24) is 10.3 Å². The number of nitrogens with one attached hydrogen (secondary N) is 1. The molecule has 0 amide bonds. The van der Waals surface area contributed by atoms with Gasteiger partial charge in [0.2, 0.25) is 0 Å². The summed E-state index contributed by atoms with van der Waals surface area (Å²) in [5.74, 6) is 1.62. The largest absolute Gasteiger partial charge is 0.308 e. The molecular formula is C18H22N2S. The first-order valence-electron chi connectivity index (χ1n) is 8.00. The molecule has 1 heterocycles. The van der Waals surface area contributed by atoms with Gasteiger partial charge in [0.25, 0.3) is 0 Å². The highest BCUT2D eigenvalue weighted by molar-refractivity contribution is 7.09. The Hall–Kier alpha value is -1.19. The molecule has 2 atom stereocenters. The van der Waals surface area contributed by atoms with Crippen LogP contribution in [0.2, 0.25) is 0 Å². The van der Waals surface area contributed by atoms with Crippen LogP contribution in [0.3, 0.4) is 0 Å². The van der Waals surface area contributed by atoms with Crippen molar-refractivity contribution in [2.24, 2.45) is 11.8 Å². The second-order valence-electron chi connectivity index (χ2n) is 6.54. The van der Waals surface area contributed by atoms with E-state index in [0.29, 0.717) is 6.04 Å². The van der Waals surface area contributed by atoms with E-state index in [2.05, 4.69) is 41.5 Å². The molecule has 2 nitrogen and oxygen atoms in total. The summed E-state index contributed by atoms with van der Waals surface area (Å²) in [4.78, 5) is 5.76. The average Bonchev–Trinajstić information content (AvgIpc) is 2.99. The minimum Gasteiger partial charge on any atom is -0.308 e. The van der Waals surface area contributed by atoms with E-state index in [9.17, 15) is 0 Å². The Morgan fingerprint density at radius 3 is 2.38 bits per heavy atom. The van der Waals surface area contributed by atoms with Crippen LogP contribution in [-0.4, -0.2) is 11.0 Å². The van der Waals surface area contributed by atoms with Crippen molar-refractivity contribution in [2.75, 3.05) is 0 Å².